The van der Waals surface area contributed by atoms with Crippen LogP contribution in [0.2, 0.25) is 0 Å². The zero-order valence-corrected chi connectivity index (χ0v) is 12.0. The highest BCUT2D eigenvalue weighted by Gasteiger charge is 2.07. The number of rotatable bonds is 7. The molecule has 2 rings (SSSR count). The molecule has 0 aliphatic carbocycles. The molecule has 106 valence electrons. The SMILES string of the molecule is CNC(CCCc1ccccc1)Cc1cccc(F)c1. The molecule has 2 aromatic rings. The first-order valence-corrected chi connectivity index (χ1v) is 7.23. The van der Waals surface area contributed by atoms with Gasteiger partial charge in [0.25, 0.3) is 0 Å². The fourth-order valence-corrected chi connectivity index (χ4v) is 2.49. The van der Waals surface area contributed by atoms with Crippen LogP contribution in [0.5, 0.6) is 0 Å². The molecule has 0 heterocycles. The van der Waals surface area contributed by atoms with Gasteiger partial charge in [-0.1, -0.05) is 42.5 Å². The standard InChI is InChI=1S/C18H22FN/c1-20-18(14-16-10-5-11-17(19)13-16)12-6-9-15-7-3-2-4-8-15/h2-5,7-8,10-11,13,18,20H,6,9,12,14H2,1H3. The first-order chi connectivity index (χ1) is 9.78. The third kappa shape index (κ3) is 4.78. The van der Waals surface area contributed by atoms with E-state index in [9.17, 15) is 4.39 Å². The first kappa shape index (κ1) is 14.7. The Morgan fingerprint density at radius 3 is 2.45 bits per heavy atom. The van der Waals surface area contributed by atoms with Crippen LogP contribution in [0.3, 0.4) is 0 Å². The highest BCUT2D eigenvalue weighted by Crippen LogP contribution is 2.11. The van der Waals surface area contributed by atoms with E-state index in [2.05, 4.69) is 29.6 Å². The van der Waals surface area contributed by atoms with Gasteiger partial charge in [0, 0.05) is 6.04 Å². The van der Waals surface area contributed by atoms with Gasteiger partial charge in [-0.05, 0) is 56.0 Å². The van der Waals surface area contributed by atoms with Crippen molar-refractivity contribution in [1.29, 1.82) is 0 Å². The number of benzene rings is 2. The Balaban J connectivity index is 1.80. The van der Waals surface area contributed by atoms with Crippen LogP contribution in [0, 0.1) is 5.82 Å². The molecule has 2 heteroatoms. The molecular formula is C18H22FN. The second-order valence-corrected chi connectivity index (χ2v) is 5.20. The Kier molecular flexibility index (Phi) is 5.75. The van der Waals surface area contributed by atoms with E-state index in [1.807, 2.05) is 19.2 Å². The number of halogens is 1. The molecule has 0 bridgehead atoms. The average Bonchev–Trinajstić information content (AvgIpc) is 2.47. The zero-order chi connectivity index (χ0) is 14.2. The Bertz CT molecular complexity index is 510. The van der Waals surface area contributed by atoms with Crippen LogP contribution in [0.25, 0.3) is 0 Å². The van der Waals surface area contributed by atoms with Gasteiger partial charge >= 0.3 is 0 Å². The Hall–Kier alpha value is -1.67. The molecule has 1 atom stereocenters. The Labute approximate surface area is 120 Å². The lowest BCUT2D eigenvalue weighted by atomic mass is 9.99. The predicted octanol–water partition coefficient (Wildman–Crippen LogP) is 3.98. The molecule has 0 fully saturated rings. The van der Waals surface area contributed by atoms with Crippen LogP contribution in [0.4, 0.5) is 4.39 Å². The molecule has 0 aliphatic rings. The summed E-state index contributed by atoms with van der Waals surface area (Å²) in [6.45, 7) is 0. The monoisotopic (exact) mass is 271 g/mol. The lowest BCUT2D eigenvalue weighted by Crippen LogP contribution is -2.27. The molecule has 1 unspecified atom stereocenters. The molecule has 0 aromatic heterocycles. The predicted molar refractivity (Wildman–Crippen MR) is 82.3 cm³/mol. The van der Waals surface area contributed by atoms with Gasteiger partial charge in [0.2, 0.25) is 0 Å². The van der Waals surface area contributed by atoms with Crippen molar-refractivity contribution in [3.63, 3.8) is 0 Å². The lowest BCUT2D eigenvalue weighted by Gasteiger charge is -2.16. The summed E-state index contributed by atoms with van der Waals surface area (Å²) in [4.78, 5) is 0. The number of hydrogen-bond acceptors (Lipinski definition) is 1. The normalized spacial score (nSPS) is 12.3. The van der Waals surface area contributed by atoms with Crippen molar-refractivity contribution < 1.29 is 4.39 Å². The van der Waals surface area contributed by atoms with Crippen molar-refractivity contribution in [2.75, 3.05) is 7.05 Å². The van der Waals surface area contributed by atoms with Crippen LogP contribution in [-0.2, 0) is 12.8 Å². The fraction of sp³-hybridized carbons (Fsp3) is 0.333. The maximum Gasteiger partial charge on any atom is 0.123 e. The molecule has 20 heavy (non-hydrogen) atoms. The summed E-state index contributed by atoms with van der Waals surface area (Å²) in [5.41, 5.74) is 2.44. The fourth-order valence-electron chi connectivity index (χ4n) is 2.49. The van der Waals surface area contributed by atoms with E-state index in [0.717, 1.165) is 31.2 Å². The largest absolute Gasteiger partial charge is 0.317 e. The van der Waals surface area contributed by atoms with Crippen LogP contribution >= 0.6 is 0 Å². The Morgan fingerprint density at radius 1 is 1.00 bits per heavy atom. The molecule has 0 amide bonds. The van der Waals surface area contributed by atoms with Crippen LogP contribution < -0.4 is 5.32 Å². The van der Waals surface area contributed by atoms with Gasteiger partial charge in [-0.15, -0.1) is 0 Å². The summed E-state index contributed by atoms with van der Waals surface area (Å²) in [6, 6.07) is 17.8. The third-order valence-corrected chi connectivity index (χ3v) is 3.64. The van der Waals surface area contributed by atoms with Crippen molar-refractivity contribution >= 4 is 0 Å². The van der Waals surface area contributed by atoms with Gasteiger partial charge in [-0.2, -0.15) is 0 Å². The maximum absolute atomic E-state index is 13.2. The summed E-state index contributed by atoms with van der Waals surface area (Å²) >= 11 is 0. The minimum atomic E-state index is -0.151. The molecule has 1 nitrogen and oxygen atoms in total. The second-order valence-electron chi connectivity index (χ2n) is 5.20. The smallest absolute Gasteiger partial charge is 0.123 e. The topological polar surface area (TPSA) is 12.0 Å². The van der Waals surface area contributed by atoms with Gasteiger partial charge in [0.15, 0.2) is 0 Å². The van der Waals surface area contributed by atoms with E-state index < -0.39 is 0 Å². The Morgan fingerprint density at radius 2 is 1.75 bits per heavy atom. The first-order valence-electron chi connectivity index (χ1n) is 7.23. The van der Waals surface area contributed by atoms with Crippen molar-refractivity contribution in [1.82, 2.24) is 5.32 Å². The molecule has 2 aromatic carbocycles. The minimum absolute atomic E-state index is 0.151. The van der Waals surface area contributed by atoms with E-state index in [1.165, 1.54) is 11.6 Å². The minimum Gasteiger partial charge on any atom is -0.317 e. The van der Waals surface area contributed by atoms with Gasteiger partial charge in [-0.25, -0.2) is 4.39 Å². The van der Waals surface area contributed by atoms with Crippen molar-refractivity contribution in [2.45, 2.75) is 31.7 Å². The van der Waals surface area contributed by atoms with Gasteiger partial charge in [0.05, 0.1) is 0 Å². The molecule has 0 saturated heterocycles. The van der Waals surface area contributed by atoms with Gasteiger partial charge in [-0.3, -0.25) is 0 Å². The quantitative estimate of drug-likeness (QED) is 0.803. The van der Waals surface area contributed by atoms with E-state index >= 15 is 0 Å². The highest BCUT2D eigenvalue weighted by molar-refractivity contribution is 5.17. The molecular weight excluding hydrogens is 249 g/mol. The van der Waals surface area contributed by atoms with Crippen molar-refractivity contribution in [2.24, 2.45) is 0 Å². The van der Waals surface area contributed by atoms with E-state index in [1.54, 1.807) is 12.1 Å². The third-order valence-electron chi connectivity index (χ3n) is 3.64. The summed E-state index contributed by atoms with van der Waals surface area (Å²) in [5, 5.41) is 3.33. The molecule has 0 radical (unpaired) electrons. The van der Waals surface area contributed by atoms with Crippen LogP contribution in [0.1, 0.15) is 24.0 Å². The highest BCUT2D eigenvalue weighted by atomic mass is 19.1. The summed E-state index contributed by atoms with van der Waals surface area (Å²) in [5.74, 6) is -0.151. The van der Waals surface area contributed by atoms with Crippen molar-refractivity contribution in [3.05, 3.63) is 71.5 Å². The van der Waals surface area contributed by atoms with Crippen molar-refractivity contribution in [3.8, 4) is 0 Å². The average molecular weight is 271 g/mol. The van der Waals surface area contributed by atoms with Gasteiger partial charge < -0.3 is 5.32 Å². The van der Waals surface area contributed by atoms with Gasteiger partial charge in [0.1, 0.15) is 5.82 Å². The van der Waals surface area contributed by atoms with Crippen LogP contribution in [0.15, 0.2) is 54.6 Å². The summed E-state index contributed by atoms with van der Waals surface area (Å²) < 4.78 is 13.2. The number of aryl methyl sites for hydroxylation is 1. The van der Waals surface area contributed by atoms with E-state index in [0.29, 0.717) is 6.04 Å². The van der Waals surface area contributed by atoms with E-state index in [4.69, 9.17) is 0 Å². The maximum atomic E-state index is 13.2. The molecule has 1 N–H and O–H groups in total. The lowest BCUT2D eigenvalue weighted by molar-refractivity contribution is 0.500. The second kappa shape index (κ2) is 7.81. The summed E-state index contributed by atoms with van der Waals surface area (Å²) in [7, 11) is 1.98. The zero-order valence-electron chi connectivity index (χ0n) is 12.0. The molecule has 0 aliphatic heterocycles. The number of likely N-dealkylation sites (N-methyl/N-ethyl adjacent to an activating group) is 1. The number of hydrogen-bond donors (Lipinski definition) is 1. The van der Waals surface area contributed by atoms with Crippen LogP contribution in [-0.4, -0.2) is 13.1 Å². The van der Waals surface area contributed by atoms with E-state index in [-0.39, 0.29) is 5.82 Å². The summed E-state index contributed by atoms with van der Waals surface area (Å²) in [6.07, 6.45) is 4.22. The number of nitrogens with one attached hydrogen (secondary N) is 1. The molecule has 0 saturated carbocycles. The molecule has 0 spiro atoms.